The number of pyridine rings is 1. The van der Waals surface area contributed by atoms with E-state index in [2.05, 4.69) is 30.1 Å². The summed E-state index contributed by atoms with van der Waals surface area (Å²) in [5.41, 5.74) is 4.33. The molecule has 1 amide bonds. The van der Waals surface area contributed by atoms with Gasteiger partial charge in [-0.25, -0.2) is 4.39 Å². The van der Waals surface area contributed by atoms with Crippen molar-refractivity contribution >= 4 is 16.8 Å². The van der Waals surface area contributed by atoms with Crippen LogP contribution in [0.15, 0.2) is 54.7 Å². The van der Waals surface area contributed by atoms with E-state index in [4.69, 9.17) is 4.74 Å². The maximum Gasteiger partial charge on any atom is 0.222 e. The number of benzene rings is 2. The molecule has 0 spiro atoms. The number of aromatic nitrogens is 1. The predicted molar refractivity (Wildman–Crippen MR) is 113 cm³/mol. The molecule has 0 saturated carbocycles. The van der Waals surface area contributed by atoms with Gasteiger partial charge < -0.3 is 9.64 Å². The van der Waals surface area contributed by atoms with Crippen LogP contribution in [0, 0.1) is 6.92 Å². The highest BCUT2D eigenvalue weighted by Crippen LogP contribution is 2.30. The molecule has 150 valence electrons. The smallest absolute Gasteiger partial charge is 0.222 e. The minimum atomic E-state index is -1.17. The molecule has 0 aliphatic carbocycles. The summed E-state index contributed by atoms with van der Waals surface area (Å²) in [4.78, 5) is 17.9. The van der Waals surface area contributed by atoms with Crippen molar-refractivity contribution in [2.45, 2.75) is 39.0 Å². The number of amides is 1. The van der Waals surface area contributed by atoms with Gasteiger partial charge in [0.05, 0.1) is 12.1 Å². The van der Waals surface area contributed by atoms with Crippen LogP contribution in [-0.2, 0) is 4.79 Å². The van der Waals surface area contributed by atoms with E-state index >= 15 is 0 Å². The second kappa shape index (κ2) is 8.19. The monoisotopic (exact) mass is 392 g/mol. The number of piperidine rings is 1. The van der Waals surface area contributed by atoms with Crippen molar-refractivity contribution in [2.24, 2.45) is 0 Å². The predicted octanol–water partition coefficient (Wildman–Crippen LogP) is 4.94. The van der Waals surface area contributed by atoms with Crippen LogP contribution in [0.2, 0.25) is 0 Å². The number of aryl methyl sites for hydroxylation is 1. The number of rotatable bonds is 4. The van der Waals surface area contributed by atoms with Crippen molar-refractivity contribution in [3.63, 3.8) is 0 Å². The number of hydrogen-bond acceptors (Lipinski definition) is 3. The molecule has 1 aliphatic heterocycles. The number of ether oxygens (including phenoxy) is 1. The molecule has 3 aromatic rings. The molecule has 0 bridgehead atoms. The third kappa shape index (κ3) is 3.95. The topological polar surface area (TPSA) is 42.4 Å². The number of fused-ring (bicyclic) bond motifs is 1. The highest BCUT2D eigenvalue weighted by atomic mass is 19.1. The summed E-state index contributed by atoms with van der Waals surface area (Å²) in [7, 11) is 0. The Labute approximate surface area is 170 Å². The first-order valence-corrected chi connectivity index (χ1v) is 10.1. The van der Waals surface area contributed by atoms with Crippen LogP contribution < -0.4 is 4.74 Å². The van der Waals surface area contributed by atoms with Crippen molar-refractivity contribution in [3.05, 3.63) is 60.3 Å². The quantitative estimate of drug-likeness (QED) is 0.632. The van der Waals surface area contributed by atoms with Crippen LogP contribution in [0.4, 0.5) is 4.39 Å². The Morgan fingerprint density at radius 2 is 2.00 bits per heavy atom. The Morgan fingerprint density at radius 1 is 1.21 bits per heavy atom. The van der Waals surface area contributed by atoms with Gasteiger partial charge in [-0.3, -0.25) is 9.78 Å². The van der Waals surface area contributed by atoms with Crippen LogP contribution in [0.25, 0.3) is 22.0 Å². The van der Waals surface area contributed by atoms with E-state index < -0.39 is 12.3 Å². The molecule has 2 unspecified atom stereocenters. The van der Waals surface area contributed by atoms with E-state index in [-0.39, 0.29) is 12.5 Å². The number of alkyl halides is 1. The Balaban J connectivity index is 1.48. The minimum absolute atomic E-state index is 0.00398. The molecule has 1 aliphatic rings. The number of carbonyl (C=O) groups excluding carboxylic acids is 1. The molecule has 1 fully saturated rings. The van der Waals surface area contributed by atoms with Gasteiger partial charge in [0.15, 0.2) is 6.17 Å². The normalized spacial score (nSPS) is 19.3. The molecule has 2 aromatic carbocycles. The standard InChI is InChI=1S/C24H25FN2O2/c1-3-23(28)27-14-12-22(21(25)15-27)29-19-9-6-17(7-10-19)20-11-8-18-5-4-13-26-24(18)16(20)2/h4-11,13,21-22H,3,12,14-15H2,1-2H3. The van der Waals surface area contributed by atoms with Crippen LogP contribution in [0.5, 0.6) is 5.75 Å². The Morgan fingerprint density at radius 3 is 2.72 bits per heavy atom. The molecular formula is C24H25FN2O2. The zero-order valence-corrected chi connectivity index (χ0v) is 16.8. The number of halogens is 1. The van der Waals surface area contributed by atoms with Gasteiger partial charge in [0.1, 0.15) is 11.9 Å². The summed E-state index contributed by atoms with van der Waals surface area (Å²) in [6.45, 7) is 4.53. The summed E-state index contributed by atoms with van der Waals surface area (Å²) in [6, 6.07) is 15.9. The Bertz CT molecular complexity index is 1020. The molecular weight excluding hydrogens is 367 g/mol. The fraction of sp³-hybridized carbons (Fsp3) is 0.333. The van der Waals surface area contributed by atoms with Crippen molar-refractivity contribution in [3.8, 4) is 16.9 Å². The van der Waals surface area contributed by atoms with Crippen LogP contribution in [-0.4, -0.2) is 41.2 Å². The molecule has 0 radical (unpaired) electrons. The van der Waals surface area contributed by atoms with E-state index in [0.29, 0.717) is 25.1 Å². The van der Waals surface area contributed by atoms with Gasteiger partial charge in [-0.2, -0.15) is 0 Å². The molecule has 4 nitrogen and oxygen atoms in total. The van der Waals surface area contributed by atoms with Crippen LogP contribution >= 0.6 is 0 Å². The number of carbonyl (C=O) groups is 1. The molecule has 2 atom stereocenters. The average Bonchev–Trinajstić information content (AvgIpc) is 2.76. The largest absolute Gasteiger partial charge is 0.487 e. The van der Waals surface area contributed by atoms with Gasteiger partial charge in [-0.1, -0.05) is 37.3 Å². The van der Waals surface area contributed by atoms with Crippen LogP contribution in [0.3, 0.4) is 0 Å². The van der Waals surface area contributed by atoms with Crippen molar-refractivity contribution in [1.29, 1.82) is 0 Å². The first-order chi connectivity index (χ1) is 14.1. The molecule has 1 aromatic heterocycles. The van der Waals surface area contributed by atoms with E-state index in [1.807, 2.05) is 36.5 Å². The highest BCUT2D eigenvalue weighted by Gasteiger charge is 2.32. The highest BCUT2D eigenvalue weighted by molar-refractivity contribution is 5.88. The number of hydrogen-bond donors (Lipinski definition) is 0. The lowest BCUT2D eigenvalue weighted by atomic mass is 9.98. The lowest BCUT2D eigenvalue weighted by molar-refractivity contribution is -0.134. The van der Waals surface area contributed by atoms with Gasteiger partial charge in [0.2, 0.25) is 5.91 Å². The molecule has 29 heavy (non-hydrogen) atoms. The van der Waals surface area contributed by atoms with E-state index in [1.54, 1.807) is 11.8 Å². The van der Waals surface area contributed by atoms with Gasteiger partial charge in [0, 0.05) is 31.0 Å². The second-order valence-electron chi connectivity index (χ2n) is 7.49. The Hall–Kier alpha value is -2.95. The van der Waals surface area contributed by atoms with Crippen molar-refractivity contribution < 1.29 is 13.9 Å². The lowest BCUT2D eigenvalue weighted by Crippen LogP contribution is -2.49. The van der Waals surface area contributed by atoms with E-state index in [0.717, 1.165) is 27.6 Å². The van der Waals surface area contributed by atoms with Gasteiger partial charge in [-0.15, -0.1) is 0 Å². The van der Waals surface area contributed by atoms with Crippen LogP contribution in [0.1, 0.15) is 25.3 Å². The fourth-order valence-corrected chi connectivity index (χ4v) is 3.96. The zero-order chi connectivity index (χ0) is 20.4. The number of nitrogens with zero attached hydrogens (tertiary/aromatic N) is 2. The lowest BCUT2D eigenvalue weighted by Gasteiger charge is -2.34. The first kappa shape index (κ1) is 19.4. The maximum atomic E-state index is 14.5. The third-order valence-corrected chi connectivity index (χ3v) is 5.62. The van der Waals surface area contributed by atoms with E-state index in [9.17, 15) is 9.18 Å². The fourth-order valence-electron chi connectivity index (χ4n) is 3.96. The summed E-state index contributed by atoms with van der Waals surface area (Å²) < 4.78 is 20.4. The molecule has 1 saturated heterocycles. The van der Waals surface area contributed by atoms with Gasteiger partial charge in [-0.05, 0) is 41.8 Å². The summed E-state index contributed by atoms with van der Waals surface area (Å²) in [6.07, 6.45) is 1.03. The summed E-state index contributed by atoms with van der Waals surface area (Å²) in [5.74, 6) is 0.643. The van der Waals surface area contributed by atoms with E-state index in [1.165, 1.54) is 0 Å². The van der Waals surface area contributed by atoms with Crippen molar-refractivity contribution in [2.75, 3.05) is 13.1 Å². The first-order valence-electron chi connectivity index (χ1n) is 10.1. The minimum Gasteiger partial charge on any atom is -0.487 e. The Kier molecular flexibility index (Phi) is 5.47. The molecule has 0 N–H and O–H groups in total. The average molecular weight is 392 g/mol. The molecule has 5 heteroatoms. The van der Waals surface area contributed by atoms with Gasteiger partial charge >= 0.3 is 0 Å². The molecule has 2 heterocycles. The summed E-state index contributed by atoms with van der Waals surface area (Å²) in [5, 5.41) is 1.12. The third-order valence-electron chi connectivity index (χ3n) is 5.62. The summed E-state index contributed by atoms with van der Waals surface area (Å²) >= 11 is 0. The SMILES string of the molecule is CCC(=O)N1CCC(Oc2ccc(-c3ccc4cccnc4c3C)cc2)C(F)C1. The maximum absolute atomic E-state index is 14.5. The molecule has 4 rings (SSSR count). The second-order valence-corrected chi connectivity index (χ2v) is 7.49. The number of likely N-dealkylation sites (tertiary alicyclic amines) is 1. The zero-order valence-electron chi connectivity index (χ0n) is 16.8. The van der Waals surface area contributed by atoms with Crippen molar-refractivity contribution in [1.82, 2.24) is 9.88 Å². The van der Waals surface area contributed by atoms with Gasteiger partial charge in [0.25, 0.3) is 0 Å².